The van der Waals surface area contributed by atoms with Crippen LogP contribution in [0.1, 0.15) is 54.3 Å². The zero-order valence-electron chi connectivity index (χ0n) is 17.1. The van der Waals surface area contributed by atoms with Crippen LogP contribution in [0.15, 0.2) is 41.0 Å². The third-order valence-corrected chi connectivity index (χ3v) is 6.02. The second-order valence-corrected chi connectivity index (χ2v) is 8.00. The number of hydrogen-bond acceptors (Lipinski definition) is 6. The molecule has 0 spiro atoms. The maximum absolute atomic E-state index is 12.9. The van der Waals surface area contributed by atoms with Gasteiger partial charge in [0.05, 0.1) is 17.2 Å². The summed E-state index contributed by atoms with van der Waals surface area (Å²) < 4.78 is 5.69. The average molecular weight is 412 g/mol. The van der Waals surface area contributed by atoms with Gasteiger partial charge < -0.3 is 14.6 Å². The second kappa shape index (κ2) is 9.30. The summed E-state index contributed by atoms with van der Waals surface area (Å²) in [5.74, 6) is 0.640. The van der Waals surface area contributed by atoms with Gasteiger partial charge in [0.25, 0.3) is 11.6 Å². The number of nitrogens with one attached hydrogen (secondary N) is 1. The Bertz CT molecular complexity index is 871. The average Bonchev–Trinajstić information content (AvgIpc) is 3.48. The monoisotopic (exact) mass is 412 g/mol. The van der Waals surface area contributed by atoms with Gasteiger partial charge in [0, 0.05) is 31.4 Å². The van der Waals surface area contributed by atoms with Crippen molar-refractivity contribution in [3.8, 4) is 0 Å². The van der Waals surface area contributed by atoms with Crippen LogP contribution in [0.4, 0.5) is 11.4 Å². The molecule has 1 aromatic heterocycles. The Labute approximate surface area is 176 Å². The lowest BCUT2D eigenvalue weighted by Crippen LogP contribution is -2.37. The molecule has 160 valence electrons. The summed E-state index contributed by atoms with van der Waals surface area (Å²) in [6.07, 6.45) is 7.16. The summed E-state index contributed by atoms with van der Waals surface area (Å²) in [6, 6.07) is 8.68. The lowest BCUT2D eigenvalue weighted by atomic mass is 10.1. The standard InChI is InChI=1S/C22H28N4O4/c27-22(25-12-4-5-13-25)18-15-17(8-9-19(18)26(28)29)23-16-20(21-7-6-14-30-21)24-10-2-1-3-11-24/h6-9,14-15,20,23H,1-5,10-13,16H2. The maximum Gasteiger partial charge on any atom is 0.282 e. The Morgan fingerprint density at radius 2 is 1.83 bits per heavy atom. The zero-order valence-corrected chi connectivity index (χ0v) is 17.1. The van der Waals surface area contributed by atoms with Crippen LogP contribution < -0.4 is 5.32 Å². The van der Waals surface area contributed by atoms with E-state index < -0.39 is 4.92 Å². The third kappa shape index (κ3) is 4.48. The van der Waals surface area contributed by atoms with Crippen LogP contribution in [0.25, 0.3) is 0 Å². The van der Waals surface area contributed by atoms with Gasteiger partial charge in [0.15, 0.2) is 0 Å². The Hall–Kier alpha value is -2.87. The number of benzene rings is 1. The highest BCUT2D eigenvalue weighted by Crippen LogP contribution is 2.28. The quantitative estimate of drug-likeness (QED) is 0.545. The Morgan fingerprint density at radius 1 is 1.10 bits per heavy atom. The van der Waals surface area contributed by atoms with Gasteiger partial charge in [-0.1, -0.05) is 6.42 Å². The van der Waals surface area contributed by atoms with E-state index in [1.54, 1.807) is 23.3 Å². The molecule has 2 aliphatic rings. The molecule has 0 radical (unpaired) electrons. The molecule has 0 bridgehead atoms. The van der Waals surface area contributed by atoms with Gasteiger partial charge in [-0.25, -0.2) is 0 Å². The van der Waals surface area contributed by atoms with Crippen molar-refractivity contribution in [1.29, 1.82) is 0 Å². The Kier molecular flexibility index (Phi) is 6.32. The largest absolute Gasteiger partial charge is 0.468 e. The molecule has 0 saturated carbocycles. The summed E-state index contributed by atoms with van der Waals surface area (Å²) in [7, 11) is 0. The van der Waals surface area contributed by atoms with E-state index >= 15 is 0 Å². The molecule has 2 saturated heterocycles. The van der Waals surface area contributed by atoms with Crippen LogP contribution in [0.3, 0.4) is 0 Å². The van der Waals surface area contributed by atoms with Crippen LogP contribution in [-0.4, -0.2) is 53.4 Å². The smallest absolute Gasteiger partial charge is 0.282 e. The summed E-state index contributed by atoms with van der Waals surface area (Å²) in [5.41, 5.74) is 0.715. The van der Waals surface area contributed by atoms with Crippen LogP contribution in [0.2, 0.25) is 0 Å². The molecular weight excluding hydrogens is 384 g/mol. The van der Waals surface area contributed by atoms with E-state index in [0.29, 0.717) is 25.3 Å². The van der Waals surface area contributed by atoms with Crippen molar-refractivity contribution >= 4 is 17.3 Å². The van der Waals surface area contributed by atoms with Gasteiger partial charge in [-0.05, 0) is 63.0 Å². The molecule has 30 heavy (non-hydrogen) atoms. The van der Waals surface area contributed by atoms with Crippen molar-refractivity contribution < 1.29 is 14.1 Å². The fourth-order valence-electron chi connectivity index (χ4n) is 4.40. The van der Waals surface area contributed by atoms with E-state index in [4.69, 9.17) is 4.42 Å². The first kappa shape index (κ1) is 20.4. The molecule has 8 heteroatoms. The molecule has 3 heterocycles. The van der Waals surface area contributed by atoms with Gasteiger partial charge in [-0.3, -0.25) is 19.8 Å². The van der Waals surface area contributed by atoms with Crippen LogP contribution >= 0.6 is 0 Å². The summed E-state index contributed by atoms with van der Waals surface area (Å²) >= 11 is 0. The first-order valence-electron chi connectivity index (χ1n) is 10.7. The first-order chi connectivity index (χ1) is 14.6. The van der Waals surface area contributed by atoms with Crippen molar-refractivity contribution in [3.63, 3.8) is 0 Å². The Balaban J connectivity index is 1.53. The number of likely N-dealkylation sites (tertiary alicyclic amines) is 2. The van der Waals surface area contributed by atoms with Crippen molar-refractivity contribution in [2.45, 2.75) is 38.1 Å². The minimum atomic E-state index is -0.480. The number of carbonyl (C=O) groups excluding carboxylic acids is 1. The molecular formula is C22H28N4O4. The van der Waals surface area contributed by atoms with Gasteiger partial charge in [0.2, 0.25) is 0 Å². The number of furan rings is 1. The molecule has 0 aliphatic carbocycles. The van der Waals surface area contributed by atoms with E-state index in [2.05, 4.69) is 10.2 Å². The lowest BCUT2D eigenvalue weighted by Gasteiger charge is -2.33. The van der Waals surface area contributed by atoms with E-state index in [1.807, 2.05) is 12.1 Å². The van der Waals surface area contributed by atoms with Gasteiger partial charge in [-0.2, -0.15) is 0 Å². The number of nitro benzene ring substituents is 1. The number of carbonyl (C=O) groups is 1. The number of nitrogens with zero attached hydrogens (tertiary/aromatic N) is 3. The highest BCUT2D eigenvalue weighted by Gasteiger charge is 2.28. The fraction of sp³-hybridized carbons (Fsp3) is 0.500. The topological polar surface area (TPSA) is 91.9 Å². The molecule has 1 amide bonds. The molecule has 1 aromatic carbocycles. The van der Waals surface area contributed by atoms with Gasteiger partial charge in [-0.15, -0.1) is 0 Å². The maximum atomic E-state index is 12.9. The normalized spacial score (nSPS) is 18.3. The molecule has 2 aliphatic heterocycles. The zero-order chi connectivity index (χ0) is 20.9. The molecule has 8 nitrogen and oxygen atoms in total. The number of anilines is 1. The SMILES string of the molecule is O=C(c1cc(NCC(c2ccco2)N2CCCCC2)ccc1[N+](=O)[O-])N1CCCC1. The summed E-state index contributed by atoms with van der Waals surface area (Å²) in [5, 5.41) is 14.9. The number of piperidine rings is 1. The number of hydrogen-bond donors (Lipinski definition) is 1. The van der Waals surface area contributed by atoms with Crippen molar-refractivity contribution in [2.24, 2.45) is 0 Å². The number of nitro groups is 1. The van der Waals surface area contributed by atoms with Crippen LogP contribution in [-0.2, 0) is 0 Å². The third-order valence-electron chi connectivity index (χ3n) is 6.02. The lowest BCUT2D eigenvalue weighted by molar-refractivity contribution is -0.385. The van der Waals surface area contributed by atoms with Gasteiger partial charge in [0.1, 0.15) is 11.3 Å². The minimum absolute atomic E-state index is 0.0771. The molecule has 4 rings (SSSR count). The fourth-order valence-corrected chi connectivity index (χ4v) is 4.40. The second-order valence-electron chi connectivity index (χ2n) is 8.00. The predicted octanol–water partition coefficient (Wildman–Crippen LogP) is 4.06. The summed E-state index contributed by atoms with van der Waals surface area (Å²) in [6.45, 7) is 3.95. The number of amides is 1. The van der Waals surface area contributed by atoms with E-state index in [9.17, 15) is 14.9 Å². The molecule has 2 fully saturated rings. The summed E-state index contributed by atoms with van der Waals surface area (Å²) in [4.78, 5) is 28.0. The van der Waals surface area contributed by atoms with Crippen molar-refractivity contribution in [1.82, 2.24) is 9.80 Å². The molecule has 2 aromatic rings. The van der Waals surface area contributed by atoms with Crippen LogP contribution in [0.5, 0.6) is 0 Å². The van der Waals surface area contributed by atoms with Crippen molar-refractivity contribution in [3.05, 3.63) is 58.0 Å². The highest BCUT2D eigenvalue weighted by molar-refractivity contribution is 5.99. The first-order valence-corrected chi connectivity index (χ1v) is 10.7. The van der Waals surface area contributed by atoms with Crippen molar-refractivity contribution in [2.75, 3.05) is 38.0 Å². The predicted molar refractivity (Wildman–Crippen MR) is 114 cm³/mol. The van der Waals surface area contributed by atoms with E-state index in [-0.39, 0.29) is 23.2 Å². The minimum Gasteiger partial charge on any atom is -0.468 e. The van der Waals surface area contributed by atoms with Crippen LogP contribution in [0, 0.1) is 10.1 Å². The Morgan fingerprint density at radius 3 is 2.50 bits per heavy atom. The van der Waals surface area contributed by atoms with Gasteiger partial charge >= 0.3 is 0 Å². The molecule has 1 unspecified atom stereocenters. The van der Waals surface area contributed by atoms with E-state index in [1.165, 1.54) is 25.3 Å². The van der Waals surface area contributed by atoms with E-state index in [0.717, 1.165) is 31.7 Å². The number of rotatable bonds is 7. The molecule has 1 N–H and O–H groups in total. The molecule has 1 atom stereocenters. The highest BCUT2D eigenvalue weighted by atomic mass is 16.6.